The fraction of sp³-hybridized carbons (Fsp3) is 0.111. The van der Waals surface area contributed by atoms with Crippen molar-refractivity contribution in [1.82, 2.24) is 4.68 Å². The summed E-state index contributed by atoms with van der Waals surface area (Å²) in [7, 11) is 0. The van der Waals surface area contributed by atoms with Gasteiger partial charge in [-0.05, 0) is 47.7 Å². The van der Waals surface area contributed by atoms with Gasteiger partial charge < -0.3 is 0 Å². The van der Waals surface area contributed by atoms with E-state index in [-0.39, 0.29) is 5.82 Å². The normalized spacial score (nSPS) is 12.2. The molecule has 0 aliphatic rings. The lowest BCUT2D eigenvalue weighted by atomic mass is 10.1. The van der Waals surface area contributed by atoms with Crippen LogP contribution < -0.4 is 4.80 Å². The van der Waals surface area contributed by atoms with Gasteiger partial charge in [-0.15, -0.1) is 11.3 Å². The molecule has 1 heterocycles. The minimum Gasteiger partial charge on any atom is -0.258 e. The molecule has 3 aromatic rings. The largest absolute Gasteiger partial charge is 0.258 e. The van der Waals surface area contributed by atoms with Gasteiger partial charge >= 0.3 is 0 Å². The van der Waals surface area contributed by atoms with Crippen molar-refractivity contribution in [2.45, 2.75) is 6.92 Å². The highest BCUT2D eigenvalue weighted by Gasteiger charge is 2.11. The molecule has 0 fully saturated rings. The zero-order valence-corrected chi connectivity index (χ0v) is 16.0. The van der Waals surface area contributed by atoms with E-state index in [1.165, 1.54) is 17.4 Å². The molecule has 0 amide bonds. The van der Waals surface area contributed by atoms with Crippen LogP contribution in [0.5, 0.6) is 0 Å². The first-order chi connectivity index (χ1) is 11.7. The van der Waals surface area contributed by atoms with E-state index in [1.54, 1.807) is 23.0 Å². The summed E-state index contributed by atoms with van der Waals surface area (Å²) in [6.45, 7) is 2.62. The van der Waals surface area contributed by atoms with Crippen LogP contribution in [0.15, 0.2) is 64.0 Å². The Bertz CT molecular complexity index is 943. The number of aromatic nitrogens is 1. The van der Waals surface area contributed by atoms with E-state index in [1.807, 2.05) is 42.6 Å². The Labute approximate surface area is 157 Å². The third kappa shape index (κ3) is 3.64. The average Bonchev–Trinajstić information content (AvgIpc) is 2.97. The predicted molar refractivity (Wildman–Crippen MR) is 106 cm³/mol. The molecule has 24 heavy (non-hydrogen) atoms. The number of hydrogen-bond donors (Lipinski definition) is 0. The van der Waals surface area contributed by atoms with E-state index in [0.29, 0.717) is 17.8 Å². The molecule has 3 rings (SSSR count). The molecule has 0 N–H and O–H groups in total. The number of hydrogen-bond acceptors (Lipinski definition) is 3. The highest BCUT2D eigenvalue weighted by molar-refractivity contribution is 14.1. The molecule has 0 unspecified atom stereocenters. The molecule has 1 aromatic heterocycles. The standard InChI is InChI=1S/C18H15FIN3S/c1-2-21-18-23(22-11-13-7-3-6-10-16(13)20)17(12-24-18)14-8-4-5-9-15(14)19/h3-12H,2H2,1H3/b21-18?,22-11+. The molecular formula is C18H15FIN3S. The second-order valence-electron chi connectivity index (χ2n) is 4.94. The van der Waals surface area contributed by atoms with Gasteiger partial charge in [0.25, 0.3) is 0 Å². The van der Waals surface area contributed by atoms with Crippen LogP contribution in [0.1, 0.15) is 12.5 Å². The molecule has 0 aliphatic heterocycles. The lowest BCUT2D eigenvalue weighted by molar-refractivity contribution is 0.629. The maximum atomic E-state index is 14.2. The van der Waals surface area contributed by atoms with Crippen LogP contribution in [0.2, 0.25) is 0 Å². The molecule has 0 atom stereocenters. The molecule has 0 bridgehead atoms. The van der Waals surface area contributed by atoms with Crippen LogP contribution >= 0.6 is 33.9 Å². The van der Waals surface area contributed by atoms with Crippen molar-refractivity contribution >= 4 is 40.1 Å². The van der Waals surface area contributed by atoms with Crippen molar-refractivity contribution in [3.8, 4) is 11.3 Å². The smallest absolute Gasteiger partial charge is 0.206 e. The zero-order valence-electron chi connectivity index (χ0n) is 13.0. The van der Waals surface area contributed by atoms with Crippen molar-refractivity contribution in [2.24, 2.45) is 10.1 Å². The van der Waals surface area contributed by atoms with Gasteiger partial charge in [-0.2, -0.15) is 5.10 Å². The monoisotopic (exact) mass is 451 g/mol. The van der Waals surface area contributed by atoms with Crippen molar-refractivity contribution < 1.29 is 4.39 Å². The second kappa shape index (κ2) is 7.85. The molecule has 3 nitrogen and oxygen atoms in total. The van der Waals surface area contributed by atoms with Gasteiger partial charge in [0.15, 0.2) is 0 Å². The van der Waals surface area contributed by atoms with Crippen LogP contribution in [-0.2, 0) is 0 Å². The van der Waals surface area contributed by atoms with E-state index in [9.17, 15) is 4.39 Å². The second-order valence-corrected chi connectivity index (χ2v) is 6.93. The summed E-state index contributed by atoms with van der Waals surface area (Å²) in [5.74, 6) is -0.267. The number of rotatable bonds is 4. The number of halogens is 2. The minimum atomic E-state index is -0.267. The third-order valence-corrected chi connectivity index (χ3v) is 5.18. The fourth-order valence-corrected chi connectivity index (χ4v) is 3.63. The molecule has 122 valence electrons. The Hall–Kier alpha value is -1.80. The SMILES string of the molecule is CCN=c1scc(-c2ccccc2F)n1/N=C/c1ccccc1I. The highest BCUT2D eigenvalue weighted by atomic mass is 127. The summed E-state index contributed by atoms with van der Waals surface area (Å²) in [4.78, 5) is 5.21. The van der Waals surface area contributed by atoms with Gasteiger partial charge in [0, 0.05) is 26.6 Å². The third-order valence-electron chi connectivity index (χ3n) is 3.35. The van der Waals surface area contributed by atoms with E-state index in [0.717, 1.165) is 13.9 Å². The summed E-state index contributed by atoms with van der Waals surface area (Å²) >= 11 is 3.73. The van der Waals surface area contributed by atoms with E-state index in [4.69, 9.17) is 0 Å². The fourth-order valence-electron chi connectivity index (χ4n) is 2.21. The summed E-state index contributed by atoms with van der Waals surface area (Å²) < 4.78 is 17.0. The Morgan fingerprint density at radius 2 is 1.92 bits per heavy atom. The molecule has 2 aromatic carbocycles. The summed E-state index contributed by atoms with van der Waals surface area (Å²) in [6.07, 6.45) is 1.79. The van der Waals surface area contributed by atoms with Crippen LogP contribution in [0.25, 0.3) is 11.3 Å². The summed E-state index contributed by atoms with van der Waals surface area (Å²) in [5, 5.41) is 6.46. The van der Waals surface area contributed by atoms with Crippen molar-refractivity contribution in [3.63, 3.8) is 0 Å². The molecule has 0 aliphatic carbocycles. The minimum absolute atomic E-state index is 0.267. The highest BCUT2D eigenvalue weighted by Crippen LogP contribution is 2.23. The Kier molecular flexibility index (Phi) is 5.57. The number of thiazole rings is 1. The van der Waals surface area contributed by atoms with E-state index < -0.39 is 0 Å². The van der Waals surface area contributed by atoms with Crippen LogP contribution in [0.3, 0.4) is 0 Å². The first kappa shape index (κ1) is 17.0. The Morgan fingerprint density at radius 1 is 1.17 bits per heavy atom. The summed E-state index contributed by atoms with van der Waals surface area (Å²) in [6, 6.07) is 14.7. The maximum absolute atomic E-state index is 14.2. The Morgan fingerprint density at radius 3 is 2.67 bits per heavy atom. The number of nitrogens with zero attached hydrogens (tertiary/aromatic N) is 3. The van der Waals surface area contributed by atoms with Gasteiger partial charge in [0.05, 0.1) is 11.9 Å². The predicted octanol–water partition coefficient (Wildman–Crippen LogP) is 4.76. The van der Waals surface area contributed by atoms with E-state index in [2.05, 4.69) is 32.7 Å². The van der Waals surface area contributed by atoms with Crippen molar-refractivity contribution in [2.75, 3.05) is 6.54 Å². The van der Waals surface area contributed by atoms with Gasteiger partial charge in [-0.1, -0.05) is 30.3 Å². The van der Waals surface area contributed by atoms with Crippen LogP contribution in [0, 0.1) is 9.39 Å². The molecular weight excluding hydrogens is 436 g/mol. The lowest BCUT2D eigenvalue weighted by Crippen LogP contribution is -2.12. The molecule has 0 radical (unpaired) electrons. The van der Waals surface area contributed by atoms with Gasteiger partial charge in [-0.25, -0.2) is 9.07 Å². The maximum Gasteiger partial charge on any atom is 0.206 e. The van der Waals surface area contributed by atoms with Crippen LogP contribution in [0.4, 0.5) is 4.39 Å². The van der Waals surface area contributed by atoms with Gasteiger partial charge in [-0.3, -0.25) is 4.99 Å². The molecule has 0 saturated carbocycles. The lowest BCUT2D eigenvalue weighted by Gasteiger charge is -2.05. The number of benzene rings is 2. The molecule has 6 heteroatoms. The Balaban J connectivity index is 2.12. The quantitative estimate of drug-likeness (QED) is 0.405. The summed E-state index contributed by atoms with van der Waals surface area (Å²) in [5.41, 5.74) is 2.23. The van der Waals surface area contributed by atoms with Gasteiger partial charge in [0.1, 0.15) is 5.82 Å². The molecule has 0 saturated heterocycles. The topological polar surface area (TPSA) is 29.6 Å². The van der Waals surface area contributed by atoms with Crippen molar-refractivity contribution in [3.05, 3.63) is 73.7 Å². The van der Waals surface area contributed by atoms with E-state index >= 15 is 0 Å². The molecule has 0 spiro atoms. The zero-order chi connectivity index (χ0) is 16.9. The van der Waals surface area contributed by atoms with Crippen molar-refractivity contribution in [1.29, 1.82) is 0 Å². The van der Waals surface area contributed by atoms with Crippen LogP contribution in [-0.4, -0.2) is 17.4 Å². The average molecular weight is 451 g/mol. The first-order valence-electron chi connectivity index (χ1n) is 7.45. The first-order valence-corrected chi connectivity index (χ1v) is 9.41. The van der Waals surface area contributed by atoms with Gasteiger partial charge in [0.2, 0.25) is 4.80 Å².